The first-order valence-electron chi connectivity index (χ1n) is 6.96. The van der Waals surface area contributed by atoms with Crippen LogP contribution in [-0.4, -0.2) is 16.1 Å². The number of benzene rings is 1. The molecule has 0 aliphatic heterocycles. The smallest absolute Gasteiger partial charge is 0.130 e. The fourth-order valence-corrected chi connectivity index (χ4v) is 3.31. The number of aliphatic hydroxyl groups is 1. The minimum Gasteiger partial charge on any atom is -0.374 e. The zero-order valence-corrected chi connectivity index (χ0v) is 11.0. The van der Waals surface area contributed by atoms with E-state index < -0.39 is 6.23 Å². The van der Waals surface area contributed by atoms with E-state index in [0.29, 0.717) is 12.0 Å². The van der Waals surface area contributed by atoms with E-state index in [0.717, 1.165) is 23.9 Å². The Morgan fingerprint density at radius 2 is 2.11 bits per heavy atom. The zero-order valence-electron chi connectivity index (χ0n) is 11.0. The van der Waals surface area contributed by atoms with Crippen molar-refractivity contribution in [2.45, 2.75) is 43.9 Å². The molecule has 0 radical (unpaired) electrons. The van der Waals surface area contributed by atoms with Gasteiger partial charge in [-0.05, 0) is 36.8 Å². The third-order valence-electron chi connectivity index (χ3n) is 4.26. The van der Waals surface area contributed by atoms with Crippen LogP contribution in [0.4, 0.5) is 0 Å². The maximum Gasteiger partial charge on any atom is 0.130 e. The van der Waals surface area contributed by atoms with Crippen LogP contribution in [0.25, 0.3) is 10.9 Å². The summed E-state index contributed by atoms with van der Waals surface area (Å²) < 4.78 is 0. The molecule has 0 spiro atoms. The van der Waals surface area contributed by atoms with Crippen LogP contribution in [0.3, 0.4) is 0 Å². The molecule has 102 valence electrons. The molecule has 1 aromatic carbocycles. The molecule has 1 aliphatic carbocycles. The number of aliphatic hydroxyl groups excluding tert-OH is 1. The Hall–Kier alpha value is -1.36. The molecule has 3 atom stereocenters. The second-order valence-electron chi connectivity index (χ2n) is 5.58. The number of aromatic amines is 1. The number of rotatable bonds is 2. The number of hydrogen-bond donors (Lipinski definition) is 4. The standard InChI is InChI=1S/C15H21N3O/c16-10-3-1-2-9(8-10)11-4-5-13(15(17)19)14-12(11)6-7-18-14/h4-7,9-10,15,18-19H,1-3,8,16-17H2. The minimum atomic E-state index is -0.941. The lowest BCUT2D eigenvalue weighted by molar-refractivity contribution is 0.187. The highest BCUT2D eigenvalue weighted by molar-refractivity contribution is 5.86. The van der Waals surface area contributed by atoms with E-state index in [1.807, 2.05) is 12.3 Å². The Morgan fingerprint density at radius 3 is 2.84 bits per heavy atom. The summed E-state index contributed by atoms with van der Waals surface area (Å²) >= 11 is 0. The molecule has 3 unspecified atom stereocenters. The Balaban J connectivity index is 2.05. The van der Waals surface area contributed by atoms with Crippen molar-refractivity contribution in [3.05, 3.63) is 35.5 Å². The average Bonchev–Trinajstić information content (AvgIpc) is 2.86. The molecule has 4 heteroatoms. The molecule has 0 saturated heterocycles. The van der Waals surface area contributed by atoms with Crippen molar-refractivity contribution in [3.63, 3.8) is 0 Å². The molecule has 1 aromatic heterocycles. The lowest BCUT2D eigenvalue weighted by Crippen LogP contribution is -2.26. The Bertz CT molecular complexity index is 576. The van der Waals surface area contributed by atoms with E-state index in [1.165, 1.54) is 23.8 Å². The molecular formula is C15H21N3O. The lowest BCUT2D eigenvalue weighted by atomic mass is 9.80. The predicted octanol–water partition coefficient (Wildman–Crippen LogP) is 2.10. The first-order chi connectivity index (χ1) is 9.16. The van der Waals surface area contributed by atoms with E-state index in [1.54, 1.807) is 0 Å². The number of fused-ring (bicyclic) bond motifs is 1. The Labute approximate surface area is 112 Å². The summed E-state index contributed by atoms with van der Waals surface area (Å²) in [6, 6.07) is 6.41. The average molecular weight is 259 g/mol. The van der Waals surface area contributed by atoms with Gasteiger partial charge in [-0.2, -0.15) is 0 Å². The Kier molecular flexibility index (Phi) is 3.31. The lowest BCUT2D eigenvalue weighted by Gasteiger charge is -2.27. The highest BCUT2D eigenvalue weighted by Crippen LogP contribution is 2.37. The molecule has 1 aliphatic rings. The summed E-state index contributed by atoms with van der Waals surface area (Å²) in [5, 5.41) is 10.8. The van der Waals surface area contributed by atoms with Crippen molar-refractivity contribution in [1.82, 2.24) is 4.98 Å². The van der Waals surface area contributed by atoms with E-state index in [9.17, 15) is 5.11 Å². The molecule has 1 heterocycles. The highest BCUT2D eigenvalue weighted by Gasteiger charge is 2.23. The van der Waals surface area contributed by atoms with Gasteiger partial charge in [0.1, 0.15) is 6.23 Å². The summed E-state index contributed by atoms with van der Waals surface area (Å²) in [6.07, 6.45) is 5.53. The van der Waals surface area contributed by atoms with Crippen LogP contribution in [0, 0.1) is 0 Å². The van der Waals surface area contributed by atoms with Crippen LogP contribution in [0.2, 0.25) is 0 Å². The molecule has 6 N–H and O–H groups in total. The number of H-pyrrole nitrogens is 1. The van der Waals surface area contributed by atoms with Gasteiger partial charge in [-0.1, -0.05) is 18.6 Å². The third kappa shape index (κ3) is 2.27. The minimum absolute atomic E-state index is 0.313. The first kappa shape index (κ1) is 12.7. The number of aromatic nitrogens is 1. The van der Waals surface area contributed by atoms with Crippen LogP contribution in [0.15, 0.2) is 24.4 Å². The van der Waals surface area contributed by atoms with Gasteiger partial charge in [0.15, 0.2) is 0 Å². The quantitative estimate of drug-likeness (QED) is 0.623. The van der Waals surface area contributed by atoms with Crippen molar-refractivity contribution in [3.8, 4) is 0 Å². The number of hydrogen-bond acceptors (Lipinski definition) is 3. The summed E-state index contributed by atoms with van der Waals surface area (Å²) in [5.41, 5.74) is 14.7. The van der Waals surface area contributed by atoms with Crippen LogP contribution >= 0.6 is 0 Å². The van der Waals surface area contributed by atoms with E-state index in [4.69, 9.17) is 11.5 Å². The molecule has 19 heavy (non-hydrogen) atoms. The topological polar surface area (TPSA) is 88.1 Å². The van der Waals surface area contributed by atoms with Gasteiger partial charge in [-0.3, -0.25) is 0 Å². The molecule has 0 bridgehead atoms. The summed E-state index contributed by atoms with van der Waals surface area (Å²) in [7, 11) is 0. The van der Waals surface area contributed by atoms with Crippen LogP contribution in [0.1, 0.15) is 49.0 Å². The fourth-order valence-electron chi connectivity index (χ4n) is 3.31. The Morgan fingerprint density at radius 1 is 1.26 bits per heavy atom. The van der Waals surface area contributed by atoms with Crippen molar-refractivity contribution < 1.29 is 5.11 Å². The van der Waals surface area contributed by atoms with Gasteiger partial charge in [0.05, 0.1) is 5.52 Å². The third-order valence-corrected chi connectivity index (χ3v) is 4.26. The second-order valence-corrected chi connectivity index (χ2v) is 5.58. The highest BCUT2D eigenvalue weighted by atomic mass is 16.3. The molecule has 4 nitrogen and oxygen atoms in total. The molecular weight excluding hydrogens is 238 g/mol. The number of nitrogens with one attached hydrogen (secondary N) is 1. The van der Waals surface area contributed by atoms with E-state index >= 15 is 0 Å². The van der Waals surface area contributed by atoms with Crippen LogP contribution in [0.5, 0.6) is 0 Å². The molecule has 3 rings (SSSR count). The molecule has 1 fully saturated rings. The van der Waals surface area contributed by atoms with Crippen LogP contribution < -0.4 is 11.5 Å². The van der Waals surface area contributed by atoms with Crippen molar-refractivity contribution in [2.75, 3.05) is 0 Å². The van der Waals surface area contributed by atoms with E-state index in [2.05, 4.69) is 17.1 Å². The summed E-state index contributed by atoms with van der Waals surface area (Å²) in [4.78, 5) is 3.19. The van der Waals surface area contributed by atoms with Gasteiger partial charge in [0.25, 0.3) is 0 Å². The van der Waals surface area contributed by atoms with Gasteiger partial charge in [0.2, 0.25) is 0 Å². The summed E-state index contributed by atoms with van der Waals surface area (Å²) in [5.74, 6) is 0.519. The normalized spacial score (nSPS) is 25.6. The zero-order chi connectivity index (χ0) is 13.4. The van der Waals surface area contributed by atoms with Crippen LogP contribution in [-0.2, 0) is 0 Å². The van der Waals surface area contributed by atoms with Gasteiger partial charge in [-0.25, -0.2) is 0 Å². The molecule has 0 amide bonds. The fraction of sp³-hybridized carbons (Fsp3) is 0.467. The molecule has 2 aromatic rings. The SMILES string of the molecule is NC1CCCC(c2ccc(C(N)O)c3[nH]ccc23)C1. The maximum absolute atomic E-state index is 9.62. The van der Waals surface area contributed by atoms with Gasteiger partial charge in [-0.15, -0.1) is 0 Å². The van der Waals surface area contributed by atoms with Gasteiger partial charge >= 0.3 is 0 Å². The van der Waals surface area contributed by atoms with Gasteiger partial charge < -0.3 is 21.6 Å². The molecule has 1 saturated carbocycles. The number of nitrogens with two attached hydrogens (primary N) is 2. The second kappa shape index (κ2) is 4.96. The monoisotopic (exact) mass is 259 g/mol. The largest absolute Gasteiger partial charge is 0.374 e. The first-order valence-corrected chi connectivity index (χ1v) is 6.96. The summed E-state index contributed by atoms with van der Waals surface area (Å²) in [6.45, 7) is 0. The van der Waals surface area contributed by atoms with Gasteiger partial charge in [0, 0.05) is 23.2 Å². The van der Waals surface area contributed by atoms with Crippen molar-refractivity contribution in [2.24, 2.45) is 11.5 Å². The predicted molar refractivity (Wildman–Crippen MR) is 76.6 cm³/mol. The van der Waals surface area contributed by atoms with Crippen molar-refractivity contribution >= 4 is 10.9 Å². The maximum atomic E-state index is 9.62. The van der Waals surface area contributed by atoms with Crippen molar-refractivity contribution in [1.29, 1.82) is 0 Å². The van der Waals surface area contributed by atoms with E-state index in [-0.39, 0.29) is 0 Å².